The number of nitrogens with zero attached hydrogens (tertiary/aromatic N) is 1. The van der Waals surface area contributed by atoms with Gasteiger partial charge in [0.05, 0.1) is 22.5 Å². The van der Waals surface area contributed by atoms with Gasteiger partial charge >= 0.3 is 0 Å². The quantitative estimate of drug-likeness (QED) is 0.223. The molecule has 2 amide bonds. The molecule has 13 heteroatoms. The number of rotatable bonds is 6. The second-order valence-electron chi connectivity index (χ2n) is 8.06. The molecule has 36 heavy (non-hydrogen) atoms. The lowest BCUT2D eigenvalue weighted by molar-refractivity contribution is -0.123. The third-order valence-electron chi connectivity index (χ3n) is 5.42. The van der Waals surface area contributed by atoms with Gasteiger partial charge in [0, 0.05) is 5.56 Å². The van der Waals surface area contributed by atoms with Crippen LogP contribution in [0, 0.1) is 0 Å². The number of halogens is 3. The normalized spacial score (nSPS) is 21.6. The molecule has 2 aromatic rings. The molecule has 7 nitrogen and oxygen atoms in total. The molecule has 2 heterocycles. The van der Waals surface area contributed by atoms with Gasteiger partial charge < -0.3 is 10.1 Å². The molecule has 2 aliphatic rings. The highest BCUT2D eigenvalue weighted by Gasteiger charge is 2.42. The van der Waals surface area contributed by atoms with E-state index in [4.69, 9.17) is 51.8 Å². The van der Waals surface area contributed by atoms with Crippen molar-refractivity contribution in [2.24, 2.45) is 0 Å². The minimum atomic E-state index is -3.16. The van der Waals surface area contributed by atoms with Crippen molar-refractivity contribution in [2.75, 3.05) is 11.5 Å². The van der Waals surface area contributed by atoms with Crippen molar-refractivity contribution in [2.45, 2.75) is 22.5 Å². The van der Waals surface area contributed by atoms with Crippen LogP contribution in [0.5, 0.6) is 5.75 Å². The monoisotopic (exact) mass is 604 g/mol. The molecule has 0 aromatic heterocycles. The molecule has 2 unspecified atom stereocenters. The van der Waals surface area contributed by atoms with Crippen LogP contribution >= 0.6 is 58.8 Å². The summed E-state index contributed by atoms with van der Waals surface area (Å²) in [5.41, 5.74) is 1.06. The third kappa shape index (κ3) is 6.54. The number of benzene rings is 2. The van der Waals surface area contributed by atoms with Crippen molar-refractivity contribution in [3.63, 3.8) is 0 Å². The highest BCUT2D eigenvalue weighted by Crippen LogP contribution is 2.37. The molecule has 0 bridgehead atoms. The first kappa shape index (κ1) is 27.2. The average molecular weight is 606 g/mol. The first-order valence-electron chi connectivity index (χ1n) is 10.6. The van der Waals surface area contributed by atoms with Gasteiger partial charge in [0.2, 0.25) is 10.0 Å². The third-order valence-corrected chi connectivity index (χ3v) is 9.10. The number of alkyl halides is 3. The van der Waals surface area contributed by atoms with Gasteiger partial charge in [-0.3, -0.25) is 14.5 Å². The van der Waals surface area contributed by atoms with E-state index in [1.807, 2.05) is 0 Å². The molecule has 0 radical (unpaired) electrons. The Labute approximate surface area is 233 Å². The maximum atomic E-state index is 12.9. The number of thiocarbonyl (C=S) groups is 1. The number of carbonyl (C=O) groups is 2. The van der Waals surface area contributed by atoms with E-state index >= 15 is 0 Å². The summed E-state index contributed by atoms with van der Waals surface area (Å²) in [5.74, 6) is -0.492. The van der Waals surface area contributed by atoms with Crippen LogP contribution in [0.2, 0.25) is 0 Å². The van der Waals surface area contributed by atoms with Gasteiger partial charge in [0.1, 0.15) is 10.1 Å². The molecular weight excluding hydrogens is 587 g/mol. The van der Waals surface area contributed by atoms with Crippen LogP contribution in [0.15, 0.2) is 59.5 Å². The second-order valence-corrected chi connectivity index (χ2v) is 14.3. The summed E-state index contributed by atoms with van der Waals surface area (Å²) in [6.45, 7) is 0. The van der Waals surface area contributed by atoms with Gasteiger partial charge in [-0.25, -0.2) is 8.42 Å². The summed E-state index contributed by atoms with van der Waals surface area (Å²) in [4.78, 5) is 27.2. The number of amides is 2. The molecular formula is C23H19Cl3N2O5S3. The van der Waals surface area contributed by atoms with Crippen LogP contribution in [-0.4, -0.2) is 57.0 Å². The van der Waals surface area contributed by atoms with Crippen LogP contribution in [0.25, 0.3) is 6.08 Å². The number of nitrogens with one attached hydrogen (secondary N) is 1. The lowest BCUT2D eigenvalue weighted by atomic mass is 10.2. The smallest absolute Gasteiger partial charge is 0.266 e. The Morgan fingerprint density at radius 2 is 1.83 bits per heavy atom. The topological polar surface area (TPSA) is 92.8 Å². The Bertz CT molecular complexity index is 1310. The zero-order valence-corrected chi connectivity index (χ0v) is 23.1. The first-order valence-corrected chi connectivity index (χ1v) is 14.8. The van der Waals surface area contributed by atoms with Gasteiger partial charge in [-0.05, 0) is 42.3 Å². The van der Waals surface area contributed by atoms with Crippen molar-refractivity contribution in [1.82, 2.24) is 10.2 Å². The maximum absolute atomic E-state index is 12.9. The number of hydrogen-bond acceptors (Lipinski definition) is 7. The van der Waals surface area contributed by atoms with E-state index < -0.39 is 31.8 Å². The molecule has 2 aromatic carbocycles. The Hall–Kier alpha value is -1.82. The van der Waals surface area contributed by atoms with E-state index in [-0.39, 0.29) is 17.4 Å². The SMILES string of the molecule is O=C(NC(Oc1ccc(/C=C2\SC(=S)N(C3CCS(=O)(=O)C3)C2=O)cc1)C(Cl)(Cl)Cl)c1ccccc1. The minimum Gasteiger partial charge on any atom is -0.466 e. The molecule has 0 spiro atoms. The predicted octanol–water partition coefficient (Wildman–Crippen LogP) is 4.58. The van der Waals surface area contributed by atoms with Crippen molar-refractivity contribution >= 4 is 90.8 Å². The molecule has 4 rings (SSSR count). The zero-order chi connectivity index (χ0) is 26.1. The summed E-state index contributed by atoms with van der Waals surface area (Å²) in [7, 11) is -3.16. The van der Waals surface area contributed by atoms with Crippen LogP contribution in [0.4, 0.5) is 0 Å². The van der Waals surface area contributed by atoms with Gasteiger partial charge in [0.15, 0.2) is 9.84 Å². The largest absolute Gasteiger partial charge is 0.466 e. The molecule has 0 aliphatic carbocycles. The molecule has 190 valence electrons. The minimum absolute atomic E-state index is 0.0518. The summed E-state index contributed by atoms with van der Waals surface area (Å²) in [6.07, 6.45) is 0.759. The summed E-state index contributed by atoms with van der Waals surface area (Å²) >= 11 is 24.5. The number of hydrogen-bond donors (Lipinski definition) is 1. The van der Waals surface area contributed by atoms with Crippen LogP contribution in [-0.2, 0) is 14.6 Å². The fourth-order valence-electron chi connectivity index (χ4n) is 3.67. The molecule has 0 saturated carbocycles. The van der Waals surface area contributed by atoms with E-state index in [2.05, 4.69) is 5.32 Å². The Morgan fingerprint density at radius 3 is 2.42 bits per heavy atom. The Morgan fingerprint density at radius 1 is 1.17 bits per heavy atom. The van der Waals surface area contributed by atoms with Gasteiger partial charge in [-0.1, -0.05) is 89.1 Å². The van der Waals surface area contributed by atoms with Crippen molar-refractivity contribution in [1.29, 1.82) is 0 Å². The number of carbonyl (C=O) groups excluding carboxylic acids is 2. The Kier molecular flexibility index (Phi) is 8.23. The average Bonchev–Trinajstić information content (AvgIpc) is 3.31. The van der Waals surface area contributed by atoms with Gasteiger partial charge in [-0.15, -0.1) is 0 Å². The van der Waals surface area contributed by atoms with E-state index in [1.165, 1.54) is 4.90 Å². The molecule has 2 saturated heterocycles. The second kappa shape index (κ2) is 10.9. The van der Waals surface area contributed by atoms with E-state index in [0.29, 0.717) is 32.5 Å². The summed E-state index contributed by atoms with van der Waals surface area (Å²) in [6, 6.07) is 14.6. The predicted molar refractivity (Wildman–Crippen MR) is 147 cm³/mol. The van der Waals surface area contributed by atoms with Gasteiger partial charge in [-0.2, -0.15) is 0 Å². The number of sulfone groups is 1. The molecule has 1 N–H and O–H groups in total. The van der Waals surface area contributed by atoms with E-state index in [1.54, 1.807) is 60.7 Å². The number of thioether (sulfide) groups is 1. The lowest BCUT2D eigenvalue weighted by Crippen LogP contribution is -2.47. The van der Waals surface area contributed by atoms with Crippen molar-refractivity contribution in [3.05, 3.63) is 70.6 Å². The van der Waals surface area contributed by atoms with Crippen LogP contribution in [0.3, 0.4) is 0 Å². The van der Waals surface area contributed by atoms with Crippen LogP contribution < -0.4 is 10.1 Å². The lowest BCUT2D eigenvalue weighted by Gasteiger charge is -2.26. The highest BCUT2D eigenvalue weighted by molar-refractivity contribution is 8.26. The highest BCUT2D eigenvalue weighted by atomic mass is 35.6. The van der Waals surface area contributed by atoms with Crippen molar-refractivity contribution < 1.29 is 22.7 Å². The van der Waals surface area contributed by atoms with Gasteiger partial charge in [0.25, 0.3) is 11.8 Å². The van der Waals surface area contributed by atoms with Crippen LogP contribution in [0.1, 0.15) is 22.3 Å². The zero-order valence-electron chi connectivity index (χ0n) is 18.4. The Balaban J connectivity index is 1.45. The molecule has 2 aliphatic heterocycles. The maximum Gasteiger partial charge on any atom is 0.266 e. The van der Waals surface area contributed by atoms with Crippen molar-refractivity contribution in [3.8, 4) is 5.75 Å². The van der Waals surface area contributed by atoms with E-state index in [0.717, 1.165) is 11.8 Å². The molecule has 2 fully saturated rings. The fourth-order valence-corrected chi connectivity index (χ4v) is 7.07. The summed E-state index contributed by atoms with van der Waals surface area (Å²) < 4.78 is 27.8. The standard InChI is InChI=1S/C23H19Cl3N2O5S3/c24-23(25,26)21(27-19(29)15-4-2-1-3-5-15)33-17-8-6-14(7-9-17)12-18-20(30)28(22(34)35-18)16-10-11-36(31,32)13-16/h1-9,12,16,21H,10-11,13H2,(H,27,29)/b18-12-. The molecule has 2 atom stereocenters. The fraction of sp³-hybridized carbons (Fsp3) is 0.261. The van der Waals surface area contributed by atoms with E-state index in [9.17, 15) is 18.0 Å². The number of ether oxygens (including phenoxy) is 1. The summed E-state index contributed by atoms with van der Waals surface area (Å²) in [5, 5.41) is 2.56. The first-order chi connectivity index (χ1) is 16.9.